The molecule has 0 radical (unpaired) electrons. The van der Waals surface area contributed by atoms with Crippen LogP contribution >= 0.6 is 11.8 Å². The number of anilines is 1. The summed E-state index contributed by atoms with van der Waals surface area (Å²) < 4.78 is 29.0. The Morgan fingerprint density at radius 2 is 1.77 bits per heavy atom. The molecular formula is C16H14N4O4S2. The van der Waals surface area contributed by atoms with Crippen molar-refractivity contribution in [2.24, 2.45) is 7.05 Å². The summed E-state index contributed by atoms with van der Waals surface area (Å²) in [6.07, 6.45) is 1.60. The van der Waals surface area contributed by atoms with Crippen LogP contribution in [0.5, 0.6) is 0 Å². The van der Waals surface area contributed by atoms with Crippen molar-refractivity contribution in [3.05, 3.63) is 60.4 Å². The quantitative estimate of drug-likeness (QED) is 0.664. The summed E-state index contributed by atoms with van der Waals surface area (Å²) in [4.78, 5) is 11.7. The smallest absolute Gasteiger partial charge is 0.335 e. The first-order chi connectivity index (χ1) is 12.3. The van der Waals surface area contributed by atoms with E-state index in [4.69, 9.17) is 5.11 Å². The number of aromatic carboxylic acids is 1. The van der Waals surface area contributed by atoms with Gasteiger partial charge in [-0.05, 0) is 60.3 Å². The summed E-state index contributed by atoms with van der Waals surface area (Å²) in [5, 5.41) is 17.4. The second-order valence-corrected chi connectivity index (χ2v) is 8.01. The maximum absolute atomic E-state index is 12.4. The standard InChI is InChI=1S/C16H14N4O4S2/c1-20-10-17-18-16(20)25-13-6-4-12(5-7-13)19-26(23,24)14-8-2-11(3-9-14)15(21)22/h2-10,19H,1H3,(H,21,22). The number of sulfonamides is 1. The highest BCUT2D eigenvalue weighted by atomic mass is 32.2. The van der Waals surface area contributed by atoms with Crippen LogP contribution in [0.4, 0.5) is 5.69 Å². The van der Waals surface area contributed by atoms with E-state index in [0.29, 0.717) is 5.69 Å². The molecule has 0 amide bonds. The Bertz CT molecular complexity index is 1030. The normalized spacial score (nSPS) is 11.3. The highest BCUT2D eigenvalue weighted by Gasteiger charge is 2.15. The molecule has 26 heavy (non-hydrogen) atoms. The fourth-order valence-electron chi connectivity index (χ4n) is 2.05. The number of hydrogen-bond donors (Lipinski definition) is 2. The molecule has 0 atom stereocenters. The molecule has 0 saturated heterocycles. The minimum absolute atomic E-state index is 0.0139. The first-order valence-corrected chi connectivity index (χ1v) is 9.63. The van der Waals surface area contributed by atoms with E-state index in [2.05, 4.69) is 14.9 Å². The number of nitrogens with one attached hydrogen (secondary N) is 1. The lowest BCUT2D eigenvalue weighted by atomic mass is 10.2. The van der Waals surface area contributed by atoms with E-state index in [9.17, 15) is 13.2 Å². The Morgan fingerprint density at radius 1 is 1.12 bits per heavy atom. The molecule has 2 N–H and O–H groups in total. The van der Waals surface area contributed by atoms with Crippen molar-refractivity contribution in [3.63, 3.8) is 0 Å². The van der Waals surface area contributed by atoms with E-state index in [1.807, 2.05) is 7.05 Å². The van der Waals surface area contributed by atoms with Gasteiger partial charge in [-0.2, -0.15) is 0 Å². The van der Waals surface area contributed by atoms with Gasteiger partial charge in [-0.15, -0.1) is 10.2 Å². The van der Waals surface area contributed by atoms with E-state index in [-0.39, 0.29) is 10.5 Å². The van der Waals surface area contributed by atoms with Gasteiger partial charge in [-0.3, -0.25) is 4.72 Å². The Morgan fingerprint density at radius 3 is 2.31 bits per heavy atom. The fraction of sp³-hybridized carbons (Fsp3) is 0.0625. The monoisotopic (exact) mass is 390 g/mol. The second kappa shape index (κ2) is 7.18. The third-order valence-electron chi connectivity index (χ3n) is 3.40. The number of benzene rings is 2. The predicted molar refractivity (Wildman–Crippen MR) is 95.8 cm³/mol. The maximum Gasteiger partial charge on any atom is 0.335 e. The van der Waals surface area contributed by atoms with Crippen molar-refractivity contribution in [2.45, 2.75) is 14.9 Å². The number of carbonyl (C=O) groups is 1. The number of aryl methyl sites for hydroxylation is 1. The van der Waals surface area contributed by atoms with Crippen molar-refractivity contribution in [3.8, 4) is 0 Å². The molecule has 0 saturated carbocycles. The number of carboxylic acid groups (broad SMARTS) is 1. The van der Waals surface area contributed by atoms with Crippen LogP contribution in [-0.2, 0) is 17.1 Å². The van der Waals surface area contributed by atoms with Gasteiger partial charge in [0.2, 0.25) is 0 Å². The van der Waals surface area contributed by atoms with Crippen LogP contribution in [0.2, 0.25) is 0 Å². The number of aromatic nitrogens is 3. The summed E-state index contributed by atoms with van der Waals surface area (Å²) in [7, 11) is -1.97. The maximum atomic E-state index is 12.4. The van der Waals surface area contributed by atoms with Gasteiger partial charge >= 0.3 is 5.97 Å². The summed E-state index contributed by atoms with van der Waals surface area (Å²) in [6, 6.07) is 11.8. The number of rotatable bonds is 6. The highest BCUT2D eigenvalue weighted by Crippen LogP contribution is 2.27. The minimum Gasteiger partial charge on any atom is -0.478 e. The largest absolute Gasteiger partial charge is 0.478 e. The van der Waals surface area contributed by atoms with E-state index in [0.717, 1.165) is 10.1 Å². The van der Waals surface area contributed by atoms with Crippen LogP contribution in [0, 0.1) is 0 Å². The lowest BCUT2D eigenvalue weighted by molar-refractivity contribution is 0.0696. The molecule has 8 nitrogen and oxygen atoms in total. The molecule has 1 aromatic heterocycles. The van der Waals surface area contributed by atoms with Crippen LogP contribution < -0.4 is 4.72 Å². The molecular weight excluding hydrogens is 376 g/mol. The zero-order chi connectivity index (χ0) is 18.7. The Hall–Kier alpha value is -2.85. The van der Waals surface area contributed by atoms with E-state index < -0.39 is 16.0 Å². The molecule has 2 aromatic carbocycles. The van der Waals surface area contributed by atoms with Crippen LogP contribution in [0.25, 0.3) is 0 Å². The van der Waals surface area contributed by atoms with Crippen molar-refractivity contribution < 1.29 is 18.3 Å². The average molecular weight is 390 g/mol. The van der Waals surface area contributed by atoms with Gasteiger partial charge in [0.25, 0.3) is 10.0 Å². The van der Waals surface area contributed by atoms with Crippen molar-refractivity contribution in [1.29, 1.82) is 0 Å². The highest BCUT2D eigenvalue weighted by molar-refractivity contribution is 7.99. The lowest BCUT2D eigenvalue weighted by Crippen LogP contribution is -2.13. The molecule has 10 heteroatoms. The molecule has 3 rings (SSSR count). The summed E-state index contributed by atoms with van der Waals surface area (Å²) >= 11 is 1.40. The van der Waals surface area contributed by atoms with E-state index >= 15 is 0 Å². The lowest BCUT2D eigenvalue weighted by Gasteiger charge is -2.09. The number of hydrogen-bond acceptors (Lipinski definition) is 6. The topological polar surface area (TPSA) is 114 Å². The first kappa shape index (κ1) is 18.0. The SMILES string of the molecule is Cn1cnnc1Sc1ccc(NS(=O)(=O)c2ccc(C(=O)O)cc2)cc1. The number of nitrogens with zero attached hydrogens (tertiary/aromatic N) is 3. The molecule has 0 aliphatic heterocycles. The van der Waals surface area contributed by atoms with Gasteiger partial charge in [-0.1, -0.05) is 0 Å². The average Bonchev–Trinajstić information content (AvgIpc) is 3.01. The molecule has 134 valence electrons. The Kier molecular flexibility index (Phi) is 4.96. The molecule has 0 aliphatic carbocycles. The third kappa shape index (κ3) is 4.03. The Balaban J connectivity index is 1.73. The van der Waals surface area contributed by atoms with Gasteiger partial charge in [0.05, 0.1) is 10.5 Å². The van der Waals surface area contributed by atoms with Crippen LogP contribution in [0.15, 0.2) is 69.8 Å². The van der Waals surface area contributed by atoms with E-state index in [1.165, 1.54) is 36.0 Å². The van der Waals surface area contributed by atoms with Crippen molar-refractivity contribution in [2.75, 3.05) is 4.72 Å². The van der Waals surface area contributed by atoms with Gasteiger partial charge < -0.3 is 9.67 Å². The number of carboxylic acids is 1. The van der Waals surface area contributed by atoms with E-state index in [1.54, 1.807) is 35.2 Å². The first-order valence-electron chi connectivity index (χ1n) is 7.33. The van der Waals surface area contributed by atoms with Gasteiger partial charge in [0.15, 0.2) is 5.16 Å². The predicted octanol–water partition coefficient (Wildman–Crippen LogP) is 2.47. The van der Waals surface area contributed by atoms with Crippen LogP contribution in [0.1, 0.15) is 10.4 Å². The zero-order valence-corrected chi connectivity index (χ0v) is 15.2. The molecule has 0 fully saturated rings. The van der Waals surface area contributed by atoms with Gasteiger partial charge in [0, 0.05) is 17.6 Å². The summed E-state index contributed by atoms with van der Waals surface area (Å²) in [5.74, 6) is -1.11. The molecule has 0 bridgehead atoms. The van der Waals surface area contributed by atoms with Crippen molar-refractivity contribution in [1.82, 2.24) is 14.8 Å². The van der Waals surface area contributed by atoms with Crippen LogP contribution in [-0.4, -0.2) is 34.3 Å². The second-order valence-electron chi connectivity index (χ2n) is 5.29. The molecule has 0 aliphatic rings. The van der Waals surface area contributed by atoms with Crippen LogP contribution in [0.3, 0.4) is 0 Å². The molecule has 0 unspecified atom stereocenters. The summed E-state index contributed by atoms with van der Waals surface area (Å²) in [6.45, 7) is 0. The molecule has 0 spiro atoms. The zero-order valence-electron chi connectivity index (χ0n) is 13.5. The molecule has 1 heterocycles. The summed E-state index contributed by atoms with van der Waals surface area (Å²) in [5.41, 5.74) is 0.420. The third-order valence-corrected chi connectivity index (χ3v) is 5.85. The van der Waals surface area contributed by atoms with Gasteiger partial charge in [0.1, 0.15) is 6.33 Å². The van der Waals surface area contributed by atoms with Crippen molar-refractivity contribution >= 4 is 33.4 Å². The Labute approximate surface area is 153 Å². The minimum atomic E-state index is -3.80. The molecule has 3 aromatic rings. The van der Waals surface area contributed by atoms with Gasteiger partial charge in [-0.25, -0.2) is 13.2 Å². The fourth-order valence-corrected chi connectivity index (χ4v) is 3.87.